The zero-order chi connectivity index (χ0) is 21.2. The summed E-state index contributed by atoms with van der Waals surface area (Å²) in [6, 6.07) is 22.7. The SMILES string of the molecule is COc1cccc(COc2ccccc2/C=N/NC(=O)COc2cccc(C)c2)c1. The predicted octanol–water partition coefficient (Wildman–Crippen LogP) is 4.11. The number of para-hydroxylation sites is 1. The second kappa shape index (κ2) is 10.7. The van der Waals surface area contributed by atoms with Gasteiger partial charge < -0.3 is 14.2 Å². The number of hydrazone groups is 1. The molecule has 0 aliphatic carbocycles. The van der Waals surface area contributed by atoms with Crippen molar-refractivity contribution < 1.29 is 19.0 Å². The van der Waals surface area contributed by atoms with Gasteiger partial charge >= 0.3 is 0 Å². The standard InChI is InChI=1S/C24H24N2O4/c1-18-7-5-11-22(13-18)29-17-24(27)26-25-15-20-9-3-4-12-23(20)30-16-19-8-6-10-21(14-19)28-2/h3-15H,16-17H2,1-2H3,(H,26,27)/b25-15+. The molecule has 0 saturated heterocycles. The minimum atomic E-state index is -0.345. The lowest BCUT2D eigenvalue weighted by atomic mass is 10.2. The van der Waals surface area contributed by atoms with Crippen LogP contribution < -0.4 is 19.6 Å². The summed E-state index contributed by atoms with van der Waals surface area (Å²) in [4.78, 5) is 12.0. The fraction of sp³-hybridized carbons (Fsp3) is 0.167. The van der Waals surface area contributed by atoms with Gasteiger partial charge in [0.1, 0.15) is 23.9 Å². The van der Waals surface area contributed by atoms with E-state index in [-0.39, 0.29) is 12.5 Å². The molecule has 0 fully saturated rings. The summed E-state index contributed by atoms with van der Waals surface area (Å²) >= 11 is 0. The first-order valence-electron chi connectivity index (χ1n) is 9.50. The van der Waals surface area contributed by atoms with Crippen LogP contribution in [0.1, 0.15) is 16.7 Å². The van der Waals surface area contributed by atoms with Gasteiger partial charge in [-0.05, 0) is 54.4 Å². The maximum absolute atomic E-state index is 12.0. The molecule has 6 nitrogen and oxygen atoms in total. The molecule has 0 heterocycles. The summed E-state index contributed by atoms with van der Waals surface area (Å²) in [6.45, 7) is 2.23. The smallest absolute Gasteiger partial charge is 0.277 e. The number of hydrogen-bond acceptors (Lipinski definition) is 5. The highest BCUT2D eigenvalue weighted by Gasteiger charge is 2.04. The number of ether oxygens (including phenoxy) is 3. The minimum Gasteiger partial charge on any atom is -0.497 e. The van der Waals surface area contributed by atoms with Gasteiger partial charge in [-0.15, -0.1) is 0 Å². The average molecular weight is 404 g/mol. The van der Waals surface area contributed by atoms with Crippen molar-refractivity contribution >= 4 is 12.1 Å². The molecule has 3 aromatic carbocycles. The zero-order valence-corrected chi connectivity index (χ0v) is 17.0. The number of nitrogens with one attached hydrogen (secondary N) is 1. The second-order valence-corrected chi connectivity index (χ2v) is 6.58. The molecule has 6 heteroatoms. The summed E-state index contributed by atoms with van der Waals surface area (Å²) in [5, 5.41) is 4.01. The number of methoxy groups -OCH3 is 1. The number of aryl methyl sites for hydroxylation is 1. The van der Waals surface area contributed by atoms with E-state index in [0.29, 0.717) is 18.1 Å². The Kier molecular flexibility index (Phi) is 7.44. The van der Waals surface area contributed by atoms with E-state index in [1.54, 1.807) is 19.4 Å². The van der Waals surface area contributed by atoms with Crippen LogP contribution in [0.4, 0.5) is 0 Å². The van der Waals surface area contributed by atoms with Gasteiger partial charge in [0.2, 0.25) is 0 Å². The predicted molar refractivity (Wildman–Crippen MR) is 116 cm³/mol. The highest BCUT2D eigenvalue weighted by atomic mass is 16.5. The van der Waals surface area contributed by atoms with E-state index >= 15 is 0 Å². The molecule has 0 aromatic heterocycles. The molecule has 0 aliphatic heterocycles. The van der Waals surface area contributed by atoms with Crippen LogP contribution in [0.3, 0.4) is 0 Å². The van der Waals surface area contributed by atoms with Crippen molar-refractivity contribution in [3.63, 3.8) is 0 Å². The Hall–Kier alpha value is -3.80. The molecule has 0 atom stereocenters. The minimum absolute atomic E-state index is 0.116. The molecule has 0 aliphatic rings. The third-order valence-corrected chi connectivity index (χ3v) is 4.20. The average Bonchev–Trinajstić information content (AvgIpc) is 2.77. The summed E-state index contributed by atoms with van der Waals surface area (Å²) in [5.41, 5.74) is 5.27. The molecule has 1 N–H and O–H groups in total. The summed E-state index contributed by atoms with van der Waals surface area (Å²) in [7, 11) is 1.63. The maximum Gasteiger partial charge on any atom is 0.277 e. The van der Waals surface area contributed by atoms with Crippen LogP contribution in [0.15, 0.2) is 77.9 Å². The molecule has 1 amide bonds. The number of carbonyl (C=O) groups excluding carboxylic acids is 1. The Morgan fingerprint density at radius 2 is 1.77 bits per heavy atom. The van der Waals surface area contributed by atoms with Crippen LogP contribution in [-0.2, 0) is 11.4 Å². The van der Waals surface area contributed by atoms with Crippen LogP contribution in [-0.4, -0.2) is 25.8 Å². The topological polar surface area (TPSA) is 69.2 Å². The second-order valence-electron chi connectivity index (χ2n) is 6.58. The van der Waals surface area contributed by atoms with Crippen molar-refractivity contribution in [1.82, 2.24) is 5.43 Å². The van der Waals surface area contributed by atoms with E-state index in [1.807, 2.05) is 73.7 Å². The number of amides is 1. The largest absolute Gasteiger partial charge is 0.497 e. The Balaban J connectivity index is 1.53. The van der Waals surface area contributed by atoms with Crippen LogP contribution in [0, 0.1) is 6.92 Å². The first kappa shape index (κ1) is 20.9. The van der Waals surface area contributed by atoms with Crippen molar-refractivity contribution in [2.45, 2.75) is 13.5 Å². The quantitative estimate of drug-likeness (QED) is 0.430. The Bertz CT molecular complexity index is 1020. The summed E-state index contributed by atoms with van der Waals surface area (Å²) in [5.74, 6) is 1.74. The van der Waals surface area contributed by atoms with Crippen LogP contribution in [0.5, 0.6) is 17.2 Å². The molecule has 154 valence electrons. The van der Waals surface area contributed by atoms with E-state index in [2.05, 4.69) is 10.5 Å². The fourth-order valence-corrected chi connectivity index (χ4v) is 2.70. The van der Waals surface area contributed by atoms with Crippen LogP contribution in [0.2, 0.25) is 0 Å². The van der Waals surface area contributed by atoms with Gasteiger partial charge in [0, 0.05) is 5.56 Å². The molecular weight excluding hydrogens is 380 g/mol. The van der Waals surface area contributed by atoms with Gasteiger partial charge in [0.15, 0.2) is 6.61 Å². The Morgan fingerprint density at radius 3 is 2.60 bits per heavy atom. The molecule has 0 saturated carbocycles. The van der Waals surface area contributed by atoms with E-state index in [0.717, 1.165) is 22.4 Å². The van der Waals surface area contributed by atoms with Gasteiger partial charge in [-0.1, -0.05) is 36.4 Å². The summed E-state index contributed by atoms with van der Waals surface area (Å²) < 4.78 is 16.6. The van der Waals surface area contributed by atoms with Crippen molar-refractivity contribution in [1.29, 1.82) is 0 Å². The molecule has 0 unspecified atom stereocenters. The van der Waals surface area contributed by atoms with Crippen molar-refractivity contribution in [2.24, 2.45) is 5.10 Å². The molecule has 0 spiro atoms. The highest BCUT2D eigenvalue weighted by Crippen LogP contribution is 2.19. The Morgan fingerprint density at radius 1 is 0.967 bits per heavy atom. The van der Waals surface area contributed by atoms with Gasteiger partial charge in [0.25, 0.3) is 5.91 Å². The van der Waals surface area contributed by atoms with Gasteiger partial charge in [-0.3, -0.25) is 4.79 Å². The number of nitrogens with zero attached hydrogens (tertiary/aromatic N) is 1. The third kappa shape index (κ3) is 6.38. The lowest BCUT2D eigenvalue weighted by Crippen LogP contribution is -2.24. The van der Waals surface area contributed by atoms with E-state index < -0.39 is 0 Å². The molecule has 0 bridgehead atoms. The number of benzene rings is 3. The van der Waals surface area contributed by atoms with Crippen molar-refractivity contribution in [3.05, 3.63) is 89.5 Å². The normalized spacial score (nSPS) is 10.6. The lowest BCUT2D eigenvalue weighted by molar-refractivity contribution is -0.123. The molecule has 3 aromatic rings. The van der Waals surface area contributed by atoms with Gasteiger partial charge in [-0.2, -0.15) is 5.10 Å². The van der Waals surface area contributed by atoms with Crippen molar-refractivity contribution in [2.75, 3.05) is 13.7 Å². The van der Waals surface area contributed by atoms with Crippen molar-refractivity contribution in [3.8, 4) is 17.2 Å². The number of carbonyl (C=O) groups is 1. The first-order chi connectivity index (χ1) is 14.6. The van der Waals surface area contributed by atoms with Gasteiger partial charge in [0.05, 0.1) is 13.3 Å². The first-order valence-corrected chi connectivity index (χ1v) is 9.50. The highest BCUT2D eigenvalue weighted by molar-refractivity contribution is 5.85. The molecule has 30 heavy (non-hydrogen) atoms. The fourth-order valence-electron chi connectivity index (χ4n) is 2.70. The number of rotatable bonds is 9. The zero-order valence-electron chi connectivity index (χ0n) is 17.0. The van der Waals surface area contributed by atoms with Gasteiger partial charge in [-0.25, -0.2) is 5.43 Å². The number of hydrogen-bond donors (Lipinski definition) is 1. The van der Waals surface area contributed by atoms with E-state index in [1.165, 1.54) is 0 Å². The van der Waals surface area contributed by atoms with E-state index in [4.69, 9.17) is 14.2 Å². The molecular formula is C24H24N2O4. The molecule has 0 radical (unpaired) electrons. The molecule has 3 rings (SSSR count). The lowest BCUT2D eigenvalue weighted by Gasteiger charge is -2.10. The monoisotopic (exact) mass is 404 g/mol. The third-order valence-electron chi connectivity index (χ3n) is 4.20. The van der Waals surface area contributed by atoms with E-state index in [9.17, 15) is 4.79 Å². The maximum atomic E-state index is 12.0. The summed E-state index contributed by atoms with van der Waals surface area (Å²) in [6.07, 6.45) is 1.55. The Labute approximate surface area is 176 Å². The van der Waals surface area contributed by atoms with Crippen LogP contribution >= 0.6 is 0 Å². The van der Waals surface area contributed by atoms with Crippen LogP contribution in [0.25, 0.3) is 0 Å².